The summed E-state index contributed by atoms with van der Waals surface area (Å²) in [5.41, 5.74) is 1.12. The normalized spacial score (nSPS) is 10.7. The summed E-state index contributed by atoms with van der Waals surface area (Å²) in [4.78, 5) is 17.0. The van der Waals surface area contributed by atoms with E-state index in [1.54, 1.807) is 23.6 Å². The molecule has 0 saturated heterocycles. The van der Waals surface area contributed by atoms with Crippen LogP contribution in [0.25, 0.3) is 6.08 Å². The average Bonchev–Trinajstić information content (AvgIpc) is 3.19. The lowest BCUT2D eigenvalue weighted by molar-refractivity contribution is -0.116. The van der Waals surface area contributed by atoms with Crippen molar-refractivity contribution in [3.8, 4) is 0 Å². The number of nitrogens with one attached hydrogen (secondary N) is 3. The molecule has 0 aromatic carbocycles. The number of rotatable bonds is 8. The predicted molar refractivity (Wildman–Crippen MR) is 109 cm³/mol. The fourth-order valence-corrected chi connectivity index (χ4v) is 2.83. The van der Waals surface area contributed by atoms with Crippen LogP contribution in [0.3, 0.4) is 0 Å². The molecule has 3 aromatic heterocycles. The molecule has 0 atom stereocenters. The molecular weight excluding hydrogens is 360 g/mol. The van der Waals surface area contributed by atoms with Crippen molar-refractivity contribution in [2.75, 3.05) is 23.7 Å². The van der Waals surface area contributed by atoms with Gasteiger partial charge in [0, 0.05) is 30.2 Å². The highest BCUT2D eigenvalue weighted by molar-refractivity contribution is 7.10. The topological polar surface area (TPSA) is 91.8 Å². The monoisotopic (exact) mass is 380 g/mol. The zero-order valence-electron chi connectivity index (χ0n) is 14.8. The Kier molecular flexibility index (Phi) is 6.48. The smallest absolute Gasteiger partial charge is 0.244 e. The largest absolute Gasteiger partial charge is 0.367 e. The lowest BCUT2D eigenvalue weighted by Crippen LogP contribution is -2.27. The highest BCUT2D eigenvalue weighted by Gasteiger charge is 2.00. The SMILES string of the molecule is Cc1ccnc(Nc2ccc(NCCNC(=O)/C=C/c3cccs3)nn2)c1. The van der Waals surface area contributed by atoms with E-state index in [1.165, 1.54) is 6.08 Å². The molecule has 1 amide bonds. The summed E-state index contributed by atoms with van der Waals surface area (Å²) in [6, 6.07) is 11.4. The van der Waals surface area contributed by atoms with Crippen molar-refractivity contribution in [2.45, 2.75) is 6.92 Å². The summed E-state index contributed by atoms with van der Waals surface area (Å²) >= 11 is 1.59. The molecular formula is C19H20N6OS. The summed E-state index contributed by atoms with van der Waals surface area (Å²) in [5, 5.41) is 19.2. The zero-order valence-corrected chi connectivity index (χ0v) is 15.7. The Bertz CT molecular complexity index is 893. The highest BCUT2D eigenvalue weighted by Crippen LogP contribution is 2.13. The second kappa shape index (κ2) is 9.44. The van der Waals surface area contributed by atoms with Gasteiger partial charge in [-0.2, -0.15) is 0 Å². The molecule has 0 radical (unpaired) electrons. The first kappa shape index (κ1) is 18.5. The number of carbonyl (C=O) groups excluding carboxylic acids is 1. The minimum Gasteiger partial charge on any atom is -0.367 e. The number of anilines is 3. The van der Waals surface area contributed by atoms with E-state index in [0.717, 1.165) is 16.3 Å². The summed E-state index contributed by atoms with van der Waals surface area (Å²) in [5.74, 6) is 1.86. The van der Waals surface area contributed by atoms with Gasteiger partial charge in [-0.25, -0.2) is 4.98 Å². The molecule has 8 heteroatoms. The fraction of sp³-hybridized carbons (Fsp3) is 0.158. The second-order valence-electron chi connectivity index (χ2n) is 5.71. The standard InChI is InChI=1S/C19H20N6OS/c1-14-8-9-20-18(13-14)23-17-6-5-16(24-25-17)21-10-11-22-19(26)7-4-15-3-2-12-27-15/h2-9,12-13H,10-11H2,1H3,(H,21,24)(H,22,26)(H,20,23,25)/b7-4+. The van der Waals surface area contributed by atoms with Gasteiger partial charge in [0.15, 0.2) is 5.82 Å². The minimum absolute atomic E-state index is 0.124. The van der Waals surface area contributed by atoms with Crippen molar-refractivity contribution in [1.82, 2.24) is 20.5 Å². The number of aryl methyl sites for hydroxylation is 1. The predicted octanol–water partition coefficient (Wildman–Crippen LogP) is 3.23. The van der Waals surface area contributed by atoms with Crippen molar-refractivity contribution in [3.05, 3.63) is 64.5 Å². The van der Waals surface area contributed by atoms with Gasteiger partial charge in [0.2, 0.25) is 5.91 Å². The molecule has 7 nitrogen and oxygen atoms in total. The maximum atomic E-state index is 11.7. The van der Waals surface area contributed by atoms with E-state index < -0.39 is 0 Å². The lowest BCUT2D eigenvalue weighted by atomic mass is 10.3. The summed E-state index contributed by atoms with van der Waals surface area (Å²) in [6.45, 7) is 3.05. The number of carbonyl (C=O) groups is 1. The quantitative estimate of drug-likeness (QED) is 0.410. The molecule has 0 saturated carbocycles. The number of amides is 1. The number of aromatic nitrogens is 3. The second-order valence-corrected chi connectivity index (χ2v) is 6.69. The summed E-state index contributed by atoms with van der Waals surface area (Å²) in [6.07, 6.45) is 5.07. The van der Waals surface area contributed by atoms with Gasteiger partial charge in [0.05, 0.1) is 0 Å². The van der Waals surface area contributed by atoms with E-state index in [1.807, 2.05) is 48.7 Å². The zero-order chi connectivity index (χ0) is 18.9. The lowest BCUT2D eigenvalue weighted by Gasteiger charge is -2.07. The van der Waals surface area contributed by atoms with Crippen LogP contribution in [0.15, 0.2) is 54.1 Å². The first-order valence-electron chi connectivity index (χ1n) is 8.46. The highest BCUT2D eigenvalue weighted by atomic mass is 32.1. The van der Waals surface area contributed by atoms with Gasteiger partial charge in [-0.1, -0.05) is 6.07 Å². The van der Waals surface area contributed by atoms with Crippen LogP contribution in [0.5, 0.6) is 0 Å². The Balaban J connectivity index is 1.39. The minimum atomic E-state index is -0.124. The number of hydrogen-bond acceptors (Lipinski definition) is 7. The van der Waals surface area contributed by atoms with E-state index in [-0.39, 0.29) is 5.91 Å². The van der Waals surface area contributed by atoms with Gasteiger partial charge in [-0.15, -0.1) is 21.5 Å². The number of hydrogen-bond donors (Lipinski definition) is 3. The van der Waals surface area contributed by atoms with E-state index >= 15 is 0 Å². The van der Waals surface area contributed by atoms with Crippen LogP contribution >= 0.6 is 11.3 Å². The average molecular weight is 380 g/mol. The molecule has 0 unspecified atom stereocenters. The molecule has 0 aliphatic heterocycles. The van der Waals surface area contributed by atoms with Crippen molar-refractivity contribution in [2.24, 2.45) is 0 Å². The van der Waals surface area contributed by atoms with E-state index in [9.17, 15) is 4.79 Å². The Morgan fingerprint density at radius 2 is 1.96 bits per heavy atom. The van der Waals surface area contributed by atoms with Crippen LogP contribution in [0.1, 0.15) is 10.4 Å². The molecule has 0 bridgehead atoms. The van der Waals surface area contributed by atoms with Crippen molar-refractivity contribution >= 4 is 40.8 Å². The Morgan fingerprint density at radius 1 is 1.11 bits per heavy atom. The van der Waals surface area contributed by atoms with E-state index in [0.29, 0.717) is 24.7 Å². The molecule has 0 aliphatic carbocycles. The maximum Gasteiger partial charge on any atom is 0.244 e. The Labute approximate surface area is 161 Å². The van der Waals surface area contributed by atoms with Crippen molar-refractivity contribution < 1.29 is 4.79 Å². The van der Waals surface area contributed by atoms with Gasteiger partial charge < -0.3 is 16.0 Å². The molecule has 0 spiro atoms. The van der Waals surface area contributed by atoms with Crippen molar-refractivity contribution in [3.63, 3.8) is 0 Å². The van der Waals surface area contributed by atoms with Crippen LogP contribution < -0.4 is 16.0 Å². The first-order chi connectivity index (χ1) is 13.2. The number of pyridine rings is 1. The summed E-state index contributed by atoms with van der Waals surface area (Å²) < 4.78 is 0. The third-order valence-electron chi connectivity index (χ3n) is 3.51. The van der Waals surface area contributed by atoms with Gasteiger partial charge in [0.25, 0.3) is 0 Å². The van der Waals surface area contributed by atoms with Gasteiger partial charge in [-0.3, -0.25) is 4.79 Å². The molecule has 0 aliphatic rings. The van der Waals surface area contributed by atoms with Crippen LogP contribution in [-0.4, -0.2) is 34.2 Å². The molecule has 3 N–H and O–H groups in total. The number of thiophene rings is 1. The van der Waals surface area contributed by atoms with Gasteiger partial charge in [0.1, 0.15) is 11.6 Å². The molecule has 3 aromatic rings. The van der Waals surface area contributed by atoms with Crippen LogP contribution in [-0.2, 0) is 4.79 Å². The fourth-order valence-electron chi connectivity index (χ4n) is 2.21. The first-order valence-corrected chi connectivity index (χ1v) is 9.34. The van der Waals surface area contributed by atoms with Crippen LogP contribution in [0, 0.1) is 6.92 Å². The Hall–Kier alpha value is -3.26. The summed E-state index contributed by atoms with van der Waals surface area (Å²) in [7, 11) is 0. The van der Waals surface area contributed by atoms with Crippen LogP contribution in [0.2, 0.25) is 0 Å². The van der Waals surface area contributed by atoms with Gasteiger partial charge >= 0.3 is 0 Å². The third-order valence-corrected chi connectivity index (χ3v) is 4.35. The molecule has 0 fully saturated rings. The maximum absolute atomic E-state index is 11.7. The van der Waals surface area contributed by atoms with E-state index in [4.69, 9.17) is 0 Å². The van der Waals surface area contributed by atoms with Crippen LogP contribution in [0.4, 0.5) is 17.5 Å². The van der Waals surface area contributed by atoms with E-state index in [2.05, 4.69) is 31.1 Å². The third kappa shape index (κ3) is 6.19. The molecule has 3 heterocycles. The van der Waals surface area contributed by atoms with Gasteiger partial charge in [-0.05, 0) is 54.3 Å². The number of nitrogens with zero attached hydrogens (tertiary/aromatic N) is 3. The Morgan fingerprint density at radius 3 is 2.70 bits per heavy atom. The molecule has 138 valence electrons. The molecule has 3 rings (SSSR count). The van der Waals surface area contributed by atoms with Crippen molar-refractivity contribution in [1.29, 1.82) is 0 Å². The molecule has 27 heavy (non-hydrogen) atoms.